The summed E-state index contributed by atoms with van der Waals surface area (Å²) in [5.41, 5.74) is 0. The summed E-state index contributed by atoms with van der Waals surface area (Å²) in [6.45, 7) is 8.79. The summed E-state index contributed by atoms with van der Waals surface area (Å²) >= 11 is 0. The Morgan fingerprint density at radius 3 is 2.76 bits per heavy atom. The van der Waals surface area contributed by atoms with Crippen molar-refractivity contribution in [3.63, 3.8) is 0 Å². The molecule has 0 bridgehead atoms. The summed E-state index contributed by atoms with van der Waals surface area (Å²) in [6, 6.07) is 0.286. The number of carbonyl (C=O) groups is 1. The fraction of sp³-hybridized carbons (Fsp3) is 0.750. The van der Waals surface area contributed by atoms with Crippen LogP contribution in [0.2, 0.25) is 0 Å². The van der Waals surface area contributed by atoms with Crippen molar-refractivity contribution in [2.75, 3.05) is 32.8 Å². The van der Waals surface area contributed by atoms with Crippen LogP contribution >= 0.6 is 0 Å². The van der Waals surface area contributed by atoms with Gasteiger partial charge in [-0.3, -0.25) is 4.99 Å². The highest BCUT2D eigenvalue weighted by atomic mass is 16.6. The van der Waals surface area contributed by atoms with Crippen LogP contribution in [-0.2, 0) is 11.2 Å². The van der Waals surface area contributed by atoms with Crippen molar-refractivity contribution in [1.29, 1.82) is 0 Å². The van der Waals surface area contributed by atoms with Gasteiger partial charge in [-0.05, 0) is 33.6 Å². The Hall–Kier alpha value is -2.32. The first-order valence-electron chi connectivity index (χ1n) is 8.88. The zero-order valence-electron chi connectivity index (χ0n) is 15.2. The number of likely N-dealkylation sites (tertiary alicyclic amines) is 1. The van der Waals surface area contributed by atoms with E-state index in [9.17, 15) is 4.79 Å². The highest BCUT2D eigenvalue weighted by Crippen LogP contribution is 2.11. The molecular weight excluding hydrogens is 324 g/mol. The van der Waals surface area contributed by atoms with Crippen molar-refractivity contribution in [1.82, 2.24) is 25.7 Å². The van der Waals surface area contributed by atoms with Gasteiger partial charge in [0.25, 0.3) is 0 Å². The number of hydrogen-bond donors (Lipinski definition) is 2. The van der Waals surface area contributed by atoms with Gasteiger partial charge < -0.3 is 24.8 Å². The van der Waals surface area contributed by atoms with E-state index in [4.69, 9.17) is 9.26 Å². The lowest BCUT2D eigenvalue weighted by Crippen LogP contribution is -2.50. The van der Waals surface area contributed by atoms with E-state index in [1.165, 1.54) is 0 Å². The number of aliphatic imine (C=N–C) groups is 1. The number of aromatic nitrogens is 2. The molecule has 2 heterocycles. The lowest BCUT2D eigenvalue weighted by molar-refractivity contribution is 0.0963. The molecule has 0 atom stereocenters. The van der Waals surface area contributed by atoms with E-state index >= 15 is 0 Å². The lowest BCUT2D eigenvalue weighted by Gasteiger charge is -2.32. The minimum atomic E-state index is -0.226. The standard InChI is InChI=1S/C16H28N6O3/c1-4-17-15(18-9-6-14-19-12(3)21-25-14)20-13-7-10-22(11-8-13)16(23)24-5-2/h13H,4-11H2,1-3H3,(H2,17,18,20). The summed E-state index contributed by atoms with van der Waals surface area (Å²) < 4.78 is 10.1. The van der Waals surface area contributed by atoms with Gasteiger partial charge in [-0.25, -0.2) is 4.79 Å². The molecule has 0 unspecified atom stereocenters. The van der Waals surface area contributed by atoms with E-state index in [2.05, 4.69) is 25.8 Å². The predicted molar refractivity (Wildman–Crippen MR) is 93.5 cm³/mol. The maximum absolute atomic E-state index is 11.7. The van der Waals surface area contributed by atoms with Crippen LogP contribution < -0.4 is 10.6 Å². The third kappa shape index (κ3) is 6.24. The molecule has 0 radical (unpaired) electrons. The van der Waals surface area contributed by atoms with Gasteiger partial charge in [0, 0.05) is 32.1 Å². The van der Waals surface area contributed by atoms with Gasteiger partial charge in [-0.2, -0.15) is 4.98 Å². The number of hydrogen-bond acceptors (Lipinski definition) is 6. The number of guanidine groups is 1. The minimum absolute atomic E-state index is 0.226. The SMILES string of the molecule is CCNC(=NCCc1nc(C)no1)NC1CCN(C(=O)OCC)CC1. The van der Waals surface area contributed by atoms with E-state index in [1.807, 2.05) is 13.8 Å². The second kappa shape index (κ2) is 9.85. The molecular formula is C16H28N6O3. The highest BCUT2D eigenvalue weighted by molar-refractivity contribution is 5.80. The molecule has 9 heteroatoms. The molecule has 2 rings (SSSR count). The first-order chi connectivity index (χ1) is 12.1. The third-order valence-corrected chi connectivity index (χ3v) is 3.87. The Labute approximate surface area is 148 Å². The zero-order chi connectivity index (χ0) is 18.1. The van der Waals surface area contributed by atoms with Gasteiger partial charge >= 0.3 is 6.09 Å². The summed E-state index contributed by atoms with van der Waals surface area (Å²) in [5.74, 6) is 2.01. The van der Waals surface area contributed by atoms with Crippen LogP contribution in [0.4, 0.5) is 4.79 Å². The number of carbonyl (C=O) groups excluding carboxylic acids is 1. The molecule has 2 N–H and O–H groups in total. The van der Waals surface area contributed by atoms with Crippen LogP contribution in [0.15, 0.2) is 9.52 Å². The topological polar surface area (TPSA) is 105 Å². The number of piperidine rings is 1. The van der Waals surface area contributed by atoms with Gasteiger partial charge in [0.15, 0.2) is 11.8 Å². The molecule has 9 nitrogen and oxygen atoms in total. The van der Waals surface area contributed by atoms with E-state index in [0.717, 1.165) is 25.3 Å². The zero-order valence-corrected chi connectivity index (χ0v) is 15.2. The van der Waals surface area contributed by atoms with Crippen molar-refractivity contribution < 1.29 is 14.1 Å². The summed E-state index contributed by atoms with van der Waals surface area (Å²) in [7, 11) is 0. The van der Waals surface area contributed by atoms with E-state index in [1.54, 1.807) is 11.8 Å². The van der Waals surface area contributed by atoms with Crippen molar-refractivity contribution >= 4 is 12.1 Å². The number of ether oxygens (including phenoxy) is 1. The molecule has 1 amide bonds. The molecule has 1 saturated heterocycles. The summed E-state index contributed by atoms with van der Waals surface area (Å²) in [5, 5.41) is 10.4. The van der Waals surface area contributed by atoms with Crippen LogP contribution in [0.5, 0.6) is 0 Å². The maximum Gasteiger partial charge on any atom is 0.409 e. The van der Waals surface area contributed by atoms with Crippen LogP contribution in [0.3, 0.4) is 0 Å². The second-order valence-corrected chi connectivity index (χ2v) is 5.85. The van der Waals surface area contributed by atoms with E-state index < -0.39 is 0 Å². The smallest absolute Gasteiger partial charge is 0.409 e. The van der Waals surface area contributed by atoms with Gasteiger partial charge in [0.2, 0.25) is 5.89 Å². The van der Waals surface area contributed by atoms with Crippen LogP contribution in [0.1, 0.15) is 38.4 Å². The molecule has 1 aliphatic heterocycles. The predicted octanol–water partition coefficient (Wildman–Crippen LogP) is 1.10. The minimum Gasteiger partial charge on any atom is -0.450 e. The van der Waals surface area contributed by atoms with Crippen LogP contribution in [0.25, 0.3) is 0 Å². The third-order valence-electron chi connectivity index (χ3n) is 3.87. The summed E-state index contributed by atoms with van der Waals surface area (Å²) in [6.07, 6.45) is 2.12. The van der Waals surface area contributed by atoms with Crippen molar-refractivity contribution in [2.24, 2.45) is 4.99 Å². The lowest BCUT2D eigenvalue weighted by atomic mass is 10.1. The first kappa shape index (κ1) is 19.0. The fourth-order valence-electron chi connectivity index (χ4n) is 2.64. The first-order valence-corrected chi connectivity index (χ1v) is 8.88. The number of rotatable bonds is 6. The molecule has 0 saturated carbocycles. The number of aryl methyl sites for hydroxylation is 1. The van der Waals surface area contributed by atoms with Crippen LogP contribution in [0, 0.1) is 6.92 Å². The molecule has 0 spiro atoms. The van der Waals surface area contributed by atoms with Crippen LogP contribution in [-0.4, -0.2) is 65.9 Å². The molecule has 0 aromatic carbocycles. The highest BCUT2D eigenvalue weighted by Gasteiger charge is 2.24. The molecule has 1 aromatic heterocycles. The monoisotopic (exact) mass is 352 g/mol. The van der Waals surface area contributed by atoms with Gasteiger partial charge in [0.05, 0.1) is 13.2 Å². The summed E-state index contributed by atoms with van der Waals surface area (Å²) in [4.78, 5) is 22.2. The van der Waals surface area contributed by atoms with Gasteiger partial charge in [-0.15, -0.1) is 0 Å². The average molecular weight is 352 g/mol. The number of amides is 1. The Kier molecular flexibility index (Phi) is 7.49. The largest absolute Gasteiger partial charge is 0.450 e. The van der Waals surface area contributed by atoms with Gasteiger partial charge in [0.1, 0.15) is 0 Å². The Morgan fingerprint density at radius 2 is 2.16 bits per heavy atom. The van der Waals surface area contributed by atoms with Crippen molar-refractivity contribution in [2.45, 2.75) is 46.1 Å². The average Bonchev–Trinajstić information content (AvgIpc) is 3.01. The van der Waals surface area contributed by atoms with Crippen molar-refractivity contribution in [3.05, 3.63) is 11.7 Å². The number of nitrogens with zero attached hydrogens (tertiary/aromatic N) is 4. The Morgan fingerprint density at radius 1 is 1.40 bits per heavy atom. The molecule has 1 fully saturated rings. The van der Waals surface area contributed by atoms with E-state index in [-0.39, 0.29) is 12.1 Å². The number of nitrogens with one attached hydrogen (secondary N) is 2. The molecule has 25 heavy (non-hydrogen) atoms. The molecule has 1 aliphatic rings. The molecule has 0 aliphatic carbocycles. The quantitative estimate of drug-likeness (QED) is 0.583. The molecule has 140 valence electrons. The van der Waals surface area contributed by atoms with Crippen molar-refractivity contribution in [3.8, 4) is 0 Å². The Bertz CT molecular complexity index is 566. The maximum atomic E-state index is 11.7. The molecule has 1 aromatic rings. The fourth-order valence-corrected chi connectivity index (χ4v) is 2.64. The van der Waals surface area contributed by atoms with E-state index in [0.29, 0.717) is 44.4 Å². The van der Waals surface area contributed by atoms with Gasteiger partial charge in [-0.1, -0.05) is 5.16 Å². The second-order valence-electron chi connectivity index (χ2n) is 5.85. The Balaban J connectivity index is 1.78. The normalized spacial score (nSPS) is 16.0.